The minimum Gasteiger partial charge on any atom is -0.465 e. The van der Waals surface area contributed by atoms with Crippen LogP contribution < -0.4 is 0 Å². The van der Waals surface area contributed by atoms with Gasteiger partial charge in [0, 0.05) is 0 Å². The molecule has 1 N–H and O–H groups in total. The lowest BCUT2D eigenvalue weighted by Gasteiger charge is -2.46. The molecule has 0 saturated carbocycles. The van der Waals surface area contributed by atoms with E-state index in [4.69, 9.17) is 5.11 Å². The van der Waals surface area contributed by atoms with Crippen molar-refractivity contribution in [3.8, 4) is 0 Å². The van der Waals surface area contributed by atoms with Crippen molar-refractivity contribution < 1.29 is 14.7 Å². The number of likely N-dealkylation sites (tertiary alicyclic amines) is 1. The molecule has 68 valence electrons. The first-order valence-corrected chi connectivity index (χ1v) is 4.06. The molecule has 4 nitrogen and oxygen atoms in total. The SMILES string of the molecule is CCCC1(C)C(=O)CN1C(=O)O. The molecule has 1 rings (SSSR count). The predicted molar refractivity (Wildman–Crippen MR) is 43.1 cm³/mol. The van der Waals surface area contributed by atoms with E-state index in [1.54, 1.807) is 6.92 Å². The van der Waals surface area contributed by atoms with Crippen LogP contribution in [-0.4, -0.2) is 34.0 Å². The lowest BCUT2D eigenvalue weighted by atomic mass is 9.82. The van der Waals surface area contributed by atoms with Crippen LogP contribution in [0, 0.1) is 0 Å². The summed E-state index contributed by atoms with van der Waals surface area (Å²) in [6.45, 7) is 3.69. The summed E-state index contributed by atoms with van der Waals surface area (Å²) in [6, 6.07) is 0. The van der Waals surface area contributed by atoms with Crippen LogP contribution in [-0.2, 0) is 4.79 Å². The fourth-order valence-electron chi connectivity index (χ4n) is 1.59. The molecule has 1 aliphatic heterocycles. The van der Waals surface area contributed by atoms with Gasteiger partial charge in [-0.05, 0) is 13.3 Å². The van der Waals surface area contributed by atoms with Crippen LogP contribution in [0.2, 0.25) is 0 Å². The molecule has 1 amide bonds. The summed E-state index contributed by atoms with van der Waals surface area (Å²) in [5.74, 6) is 0.0340. The van der Waals surface area contributed by atoms with E-state index in [0.29, 0.717) is 6.42 Å². The molecule has 0 aliphatic carbocycles. The fraction of sp³-hybridized carbons (Fsp3) is 0.750. The van der Waals surface area contributed by atoms with Crippen LogP contribution in [0.5, 0.6) is 0 Å². The van der Waals surface area contributed by atoms with Gasteiger partial charge in [-0.25, -0.2) is 4.79 Å². The van der Waals surface area contributed by atoms with Crippen LogP contribution >= 0.6 is 0 Å². The second kappa shape index (κ2) is 2.77. The number of rotatable bonds is 2. The Hall–Kier alpha value is -1.06. The highest BCUT2D eigenvalue weighted by Crippen LogP contribution is 2.31. The van der Waals surface area contributed by atoms with Crippen molar-refractivity contribution in [3.05, 3.63) is 0 Å². The number of nitrogens with zero attached hydrogens (tertiary/aromatic N) is 1. The Morgan fingerprint density at radius 2 is 2.33 bits per heavy atom. The molecule has 0 aromatic rings. The zero-order valence-corrected chi connectivity index (χ0v) is 7.33. The summed E-state index contributed by atoms with van der Waals surface area (Å²) in [5, 5.41) is 8.69. The Labute approximate surface area is 71.2 Å². The number of hydrogen-bond acceptors (Lipinski definition) is 2. The van der Waals surface area contributed by atoms with Gasteiger partial charge in [0.2, 0.25) is 0 Å². The van der Waals surface area contributed by atoms with Crippen molar-refractivity contribution in [2.45, 2.75) is 32.2 Å². The van der Waals surface area contributed by atoms with Crippen LogP contribution in [0.4, 0.5) is 4.79 Å². The van der Waals surface area contributed by atoms with Crippen molar-refractivity contribution in [2.24, 2.45) is 0 Å². The van der Waals surface area contributed by atoms with E-state index < -0.39 is 11.6 Å². The van der Waals surface area contributed by atoms with Crippen molar-refractivity contribution in [2.75, 3.05) is 6.54 Å². The van der Waals surface area contributed by atoms with Gasteiger partial charge in [-0.3, -0.25) is 9.69 Å². The van der Waals surface area contributed by atoms with Gasteiger partial charge in [-0.1, -0.05) is 13.3 Å². The third-order valence-electron chi connectivity index (χ3n) is 2.47. The number of carboxylic acid groups (broad SMARTS) is 1. The highest BCUT2D eigenvalue weighted by molar-refractivity contribution is 6.00. The third kappa shape index (κ3) is 1.07. The average molecular weight is 171 g/mol. The normalized spacial score (nSPS) is 28.5. The van der Waals surface area contributed by atoms with Crippen molar-refractivity contribution in [1.82, 2.24) is 4.90 Å². The first-order valence-electron chi connectivity index (χ1n) is 4.06. The van der Waals surface area contributed by atoms with E-state index in [1.807, 2.05) is 6.92 Å². The van der Waals surface area contributed by atoms with Gasteiger partial charge in [0.15, 0.2) is 5.78 Å². The molecule has 1 saturated heterocycles. The van der Waals surface area contributed by atoms with E-state index in [1.165, 1.54) is 4.90 Å². The largest absolute Gasteiger partial charge is 0.465 e. The van der Waals surface area contributed by atoms with Gasteiger partial charge in [0.1, 0.15) is 5.54 Å². The molecule has 1 fully saturated rings. The summed E-state index contributed by atoms with van der Waals surface area (Å²) in [5.41, 5.74) is -0.736. The van der Waals surface area contributed by atoms with Gasteiger partial charge in [0.05, 0.1) is 6.54 Å². The minimum atomic E-state index is -0.995. The molecule has 4 heteroatoms. The molecule has 0 spiro atoms. The van der Waals surface area contributed by atoms with E-state index >= 15 is 0 Å². The molecular formula is C8H13NO3. The summed E-state index contributed by atoms with van der Waals surface area (Å²) in [6.07, 6.45) is 0.454. The molecule has 1 heterocycles. The number of hydrogen-bond donors (Lipinski definition) is 1. The maximum absolute atomic E-state index is 11.2. The summed E-state index contributed by atoms with van der Waals surface area (Å²) in [7, 11) is 0. The summed E-state index contributed by atoms with van der Waals surface area (Å²) < 4.78 is 0. The van der Waals surface area contributed by atoms with Gasteiger partial charge in [0.25, 0.3) is 0 Å². The minimum absolute atomic E-state index is 0.0340. The number of carbonyl (C=O) groups is 2. The zero-order valence-electron chi connectivity index (χ0n) is 7.33. The van der Waals surface area contributed by atoms with E-state index in [0.717, 1.165) is 6.42 Å². The Kier molecular flexibility index (Phi) is 2.08. The Morgan fingerprint density at radius 3 is 2.67 bits per heavy atom. The molecule has 0 radical (unpaired) electrons. The van der Waals surface area contributed by atoms with E-state index in [2.05, 4.69) is 0 Å². The molecule has 0 aromatic carbocycles. The molecule has 1 atom stereocenters. The number of amides is 1. The topological polar surface area (TPSA) is 57.6 Å². The smallest absolute Gasteiger partial charge is 0.408 e. The monoisotopic (exact) mass is 171 g/mol. The van der Waals surface area contributed by atoms with Crippen LogP contribution in [0.25, 0.3) is 0 Å². The zero-order chi connectivity index (χ0) is 9.35. The number of ketones is 1. The predicted octanol–water partition coefficient (Wildman–Crippen LogP) is 1.11. The first-order chi connectivity index (χ1) is 5.52. The van der Waals surface area contributed by atoms with Crippen LogP contribution in [0.3, 0.4) is 0 Å². The Bertz CT molecular complexity index is 226. The lowest BCUT2D eigenvalue weighted by molar-refractivity contribution is -0.144. The van der Waals surface area contributed by atoms with E-state index in [-0.39, 0.29) is 12.3 Å². The van der Waals surface area contributed by atoms with Crippen molar-refractivity contribution in [1.29, 1.82) is 0 Å². The second-order valence-corrected chi connectivity index (χ2v) is 3.32. The Balaban J connectivity index is 2.71. The maximum atomic E-state index is 11.2. The lowest BCUT2D eigenvalue weighted by Crippen LogP contribution is -2.67. The molecule has 1 unspecified atom stereocenters. The maximum Gasteiger partial charge on any atom is 0.408 e. The number of carbonyl (C=O) groups excluding carboxylic acids is 1. The standard InChI is InChI=1S/C8H13NO3/c1-3-4-8(2)6(10)5-9(8)7(11)12/h3-5H2,1-2H3,(H,11,12). The molecule has 0 aromatic heterocycles. The van der Waals surface area contributed by atoms with Gasteiger partial charge in [-0.15, -0.1) is 0 Å². The quantitative estimate of drug-likeness (QED) is 0.677. The number of Topliss-reactive ketones (excluding diaryl/α,β-unsaturated/α-hetero) is 1. The highest BCUT2D eigenvalue weighted by Gasteiger charge is 2.51. The van der Waals surface area contributed by atoms with Gasteiger partial charge < -0.3 is 5.11 Å². The van der Waals surface area contributed by atoms with E-state index in [9.17, 15) is 9.59 Å². The molecular weight excluding hydrogens is 158 g/mol. The first kappa shape index (κ1) is 9.03. The van der Waals surface area contributed by atoms with Crippen LogP contribution in [0.1, 0.15) is 26.7 Å². The highest BCUT2D eigenvalue weighted by atomic mass is 16.4. The Morgan fingerprint density at radius 1 is 1.75 bits per heavy atom. The fourth-order valence-corrected chi connectivity index (χ4v) is 1.59. The van der Waals surface area contributed by atoms with Crippen molar-refractivity contribution in [3.63, 3.8) is 0 Å². The second-order valence-electron chi connectivity index (χ2n) is 3.32. The molecule has 1 aliphatic rings. The molecule has 0 bridgehead atoms. The van der Waals surface area contributed by atoms with Gasteiger partial charge in [-0.2, -0.15) is 0 Å². The third-order valence-corrected chi connectivity index (χ3v) is 2.47. The average Bonchev–Trinajstić information content (AvgIpc) is 2.00. The molecule has 12 heavy (non-hydrogen) atoms. The summed E-state index contributed by atoms with van der Waals surface area (Å²) in [4.78, 5) is 23.0. The van der Waals surface area contributed by atoms with Crippen LogP contribution in [0.15, 0.2) is 0 Å². The summed E-state index contributed by atoms with van der Waals surface area (Å²) >= 11 is 0. The van der Waals surface area contributed by atoms with Crippen molar-refractivity contribution >= 4 is 11.9 Å². The van der Waals surface area contributed by atoms with Gasteiger partial charge >= 0.3 is 6.09 Å².